The molecular formula is C33H58N4O4. The summed E-state index contributed by atoms with van der Waals surface area (Å²) in [5, 5.41) is 3.52. The van der Waals surface area contributed by atoms with E-state index in [0.717, 1.165) is 117 Å². The van der Waals surface area contributed by atoms with Crippen molar-refractivity contribution < 1.29 is 19.1 Å². The molecule has 0 bridgehead atoms. The molecule has 5 fully saturated rings. The molecule has 0 saturated carbocycles. The number of hydrogen-bond donors (Lipinski definition) is 1. The number of unbranched alkanes of at least 4 members (excludes halogenated alkanes) is 1. The fourth-order valence-electron chi connectivity index (χ4n) is 8.66. The molecule has 1 N–H and O–H groups in total. The van der Waals surface area contributed by atoms with Crippen LogP contribution in [-0.2, 0) is 14.3 Å². The molecule has 5 rings (SSSR count). The van der Waals surface area contributed by atoms with Crippen LogP contribution < -0.4 is 5.32 Å². The Kier molecular flexibility index (Phi) is 10.2. The predicted octanol–water partition coefficient (Wildman–Crippen LogP) is 4.91. The molecule has 8 nitrogen and oxygen atoms in total. The normalized spacial score (nSPS) is 33.1. The highest BCUT2D eigenvalue weighted by molar-refractivity contribution is 5.80. The van der Waals surface area contributed by atoms with Crippen molar-refractivity contribution in [3.05, 3.63) is 0 Å². The number of hydrogen-bond acceptors (Lipinski definition) is 6. The van der Waals surface area contributed by atoms with Gasteiger partial charge in [0.05, 0.1) is 5.92 Å². The standard InChI is InChI=1S/C33H58N4O4/c1-5-6-7-28-24-36(17-9-27-10-22-40-23-11-27)31(39)41-33(28)14-20-37(21-15-33)32(4)12-18-35(19-13-32)30(38)29-25(2)8-16-34-26(29)3/h25-29,34H,5-24H2,1-4H3/t25?,26?,28-,29?/m0/s1. The summed E-state index contributed by atoms with van der Waals surface area (Å²) >= 11 is 0. The fourth-order valence-corrected chi connectivity index (χ4v) is 8.66. The molecule has 5 heterocycles. The minimum atomic E-state index is -0.314. The van der Waals surface area contributed by atoms with Gasteiger partial charge in [-0.3, -0.25) is 9.69 Å². The summed E-state index contributed by atoms with van der Waals surface area (Å²) in [4.78, 5) is 33.6. The van der Waals surface area contributed by atoms with Crippen LogP contribution in [0.2, 0.25) is 0 Å². The maximum absolute atomic E-state index is 13.5. The zero-order valence-corrected chi connectivity index (χ0v) is 26.5. The van der Waals surface area contributed by atoms with Crippen LogP contribution in [0.3, 0.4) is 0 Å². The zero-order chi connectivity index (χ0) is 29.0. The Morgan fingerprint density at radius 1 is 1.00 bits per heavy atom. The largest absolute Gasteiger partial charge is 0.442 e. The Morgan fingerprint density at radius 2 is 1.71 bits per heavy atom. The van der Waals surface area contributed by atoms with E-state index >= 15 is 0 Å². The van der Waals surface area contributed by atoms with Crippen molar-refractivity contribution in [2.24, 2.45) is 23.7 Å². The number of rotatable bonds is 8. The summed E-state index contributed by atoms with van der Waals surface area (Å²) in [5.41, 5.74) is -0.209. The Morgan fingerprint density at radius 3 is 2.37 bits per heavy atom. The van der Waals surface area contributed by atoms with Crippen molar-refractivity contribution in [3.8, 4) is 0 Å². The van der Waals surface area contributed by atoms with E-state index in [1.165, 1.54) is 12.8 Å². The summed E-state index contributed by atoms with van der Waals surface area (Å²) in [6, 6.07) is 0.259. The van der Waals surface area contributed by atoms with Gasteiger partial charge in [-0.2, -0.15) is 0 Å². The quantitative estimate of drug-likeness (QED) is 0.444. The summed E-state index contributed by atoms with van der Waals surface area (Å²) in [5.74, 6) is 1.98. The van der Waals surface area contributed by atoms with Gasteiger partial charge < -0.3 is 24.6 Å². The Balaban J connectivity index is 1.15. The van der Waals surface area contributed by atoms with Gasteiger partial charge in [-0.05, 0) is 77.2 Å². The van der Waals surface area contributed by atoms with Crippen LogP contribution in [0, 0.1) is 23.7 Å². The van der Waals surface area contributed by atoms with Crippen LogP contribution >= 0.6 is 0 Å². The lowest BCUT2D eigenvalue weighted by molar-refractivity contribution is -0.145. The second kappa shape index (κ2) is 13.5. The third-order valence-electron chi connectivity index (χ3n) is 11.8. The molecule has 0 aromatic heterocycles. The molecular weight excluding hydrogens is 516 g/mol. The van der Waals surface area contributed by atoms with Crippen LogP contribution in [0.15, 0.2) is 0 Å². The van der Waals surface area contributed by atoms with Gasteiger partial charge in [0.25, 0.3) is 0 Å². The van der Waals surface area contributed by atoms with Crippen molar-refractivity contribution in [2.75, 3.05) is 59.0 Å². The molecule has 3 unspecified atom stereocenters. The van der Waals surface area contributed by atoms with Crippen LogP contribution in [0.25, 0.3) is 0 Å². The number of amides is 2. The molecule has 0 aliphatic carbocycles. The number of ether oxygens (including phenoxy) is 2. The Hall–Kier alpha value is -1.38. The monoisotopic (exact) mass is 574 g/mol. The van der Waals surface area contributed by atoms with Gasteiger partial charge in [-0.15, -0.1) is 0 Å². The van der Waals surface area contributed by atoms with E-state index in [0.29, 0.717) is 23.7 Å². The highest BCUT2D eigenvalue weighted by atomic mass is 16.6. The lowest BCUT2D eigenvalue weighted by atomic mass is 9.74. The highest BCUT2D eigenvalue weighted by Crippen LogP contribution is 2.43. The number of carbonyl (C=O) groups excluding carboxylic acids is 2. The molecule has 41 heavy (non-hydrogen) atoms. The minimum Gasteiger partial charge on any atom is -0.442 e. The SMILES string of the molecule is CCCC[C@H]1CN(CCC2CCOCC2)C(=O)OC12CCN(C1(C)CCN(C(=O)C3C(C)CCNC3C)CC1)CC2. The third-order valence-corrected chi connectivity index (χ3v) is 11.8. The maximum atomic E-state index is 13.5. The molecule has 8 heteroatoms. The smallest absolute Gasteiger partial charge is 0.410 e. The fraction of sp³-hybridized carbons (Fsp3) is 0.939. The summed E-state index contributed by atoms with van der Waals surface area (Å²) < 4.78 is 12.0. The van der Waals surface area contributed by atoms with E-state index in [1.807, 2.05) is 4.90 Å². The first-order valence-electron chi connectivity index (χ1n) is 17.1. The van der Waals surface area contributed by atoms with Crippen LogP contribution in [0.5, 0.6) is 0 Å². The van der Waals surface area contributed by atoms with Gasteiger partial charge >= 0.3 is 6.09 Å². The first-order chi connectivity index (χ1) is 19.7. The lowest BCUT2D eigenvalue weighted by Gasteiger charge is -2.55. The summed E-state index contributed by atoms with van der Waals surface area (Å²) in [7, 11) is 0. The van der Waals surface area contributed by atoms with E-state index in [4.69, 9.17) is 9.47 Å². The second-order valence-electron chi connectivity index (χ2n) is 14.4. The van der Waals surface area contributed by atoms with Crippen molar-refractivity contribution >= 4 is 12.0 Å². The van der Waals surface area contributed by atoms with Gasteiger partial charge in [0.15, 0.2) is 0 Å². The molecule has 4 atom stereocenters. The van der Waals surface area contributed by atoms with E-state index in [1.54, 1.807) is 0 Å². The lowest BCUT2D eigenvalue weighted by Crippen LogP contribution is -2.64. The van der Waals surface area contributed by atoms with Crippen LogP contribution in [0.4, 0.5) is 4.79 Å². The van der Waals surface area contributed by atoms with Crippen molar-refractivity contribution in [1.82, 2.24) is 20.0 Å². The van der Waals surface area contributed by atoms with Gasteiger partial charge in [0.1, 0.15) is 5.60 Å². The molecule has 5 aliphatic heterocycles. The molecule has 5 saturated heterocycles. The average Bonchev–Trinajstić information content (AvgIpc) is 2.97. The molecule has 5 aliphatic rings. The Labute approximate surface area is 249 Å². The van der Waals surface area contributed by atoms with E-state index in [-0.39, 0.29) is 29.2 Å². The van der Waals surface area contributed by atoms with E-state index in [2.05, 4.69) is 42.8 Å². The number of nitrogens with one attached hydrogen (secondary N) is 1. The number of piperidine rings is 3. The molecule has 2 amide bonds. The number of carbonyl (C=O) groups is 2. The first-order valence-corrected chi connectivity index (χ1v) is 17.1. The van der Waals surface area contributed by atoms with Gasteiger partial charge in [0, 0.05) is 82.8 Å². The van der Waals surface area contributed by atoms with Crippen molar-refractivity contribution in [2.45, 2.75) is 116 Å². The number of likely N-dealkylation sites (tertiary alicyclic amines) is 2. The molecule has 1 spiro atoms. The third kappa shape index (κ3) is 6.90. The molecule has 0 radical (unpaired) electrons. The molecule has 234 valence electrons. The molecule has 0 aromatic carbocycles. The van der Waals surface area contributed by atoms with Crippen LogP contribution in [-0.4, -0.2) is 103 Å². The summed E-state index contributed by atoms with van der Waals surface area (Å²) in [6.45, 7) is 17.1. The van der Waals surface area contributed by atoms with Crippen LogP contribution in [0.1, 0.15) is 98.3 Å². The zero-order valence-electron chi connectivity index (χ0n) is 26.5. The van der Waals surface area contributed by atoms with Gasteiger partial charge in [0.2, 0.25) is 5.91 Å². The highest BCUT2D eigenvalue weighted by Gasteiger charge is 2.51. The first kappa shape index (κ1) is 31.1. The molecule has 0 aromatic rings. The number of nitrogens with zero attached hydrogens (tertiary/aromatic N) is 3. The van der Waals surface area contributed by atoms with Crippen molar-refractivity contribution in [3.63, 3.8) is 0 Å². The Bertz CT molecular complexity index is 866. The van der Waals surface area contributed by atoms with E-state index < -0.39 is 0 Å². The van der Waals surface area contributed by atoms with E-state index in [9.17, 15) is 9.59 Å². The minimum absolute atomic E-state index is 0.0862. The second-order valence-corrected chi connectivity index (χ2v) is 14.4. The van der Waals surface area contributed by atoms with Gasteiger partial charge in [-0.25, -0.2) is 4.79 Å². The van der Waals surface area contributed by atoms with Gasteiger partial charge in [-0.1, -0.05) is 26.7 Å². The predicted molar refractivity (Wildman–Crippen MR) is 162 cm³/mol. The maximum Gasteiger partial charge on any atom is 0.410 e. The average molecular weight is 575 g/mol. The summed E-state index contributed by atoms with van der Waals surface area (Å²) in [6.07, 6.45) is 11.7. The van der Waals surface area contributed by atoms with Crippen molar-refractivity contribution in [1.29, 1.82) is 0 Å². The topological polar surface area (TPSA) is 74.3 Å².